The monoisotopic (exact) mass is 340 g/mol. The Bertz CT molecular complexity index is 658. The molecule has 2 N–H and O–H groups in total. The van der Waals surface area contributed by atoms with Gasteiger partial charge in [0.25, 0.3) is 0 Å². The molecule has 1 unspecified atom stereocenters. The highest BCUT2D eigenvalue weighted by Gasteiger charge is 2.04. The smallest absolute Gasteiger partial charge is 0.191 e. The summed E-state index contributed by atoms with van der Waals surface area (Å²) < 4.78 is 5.88. The van der Waals surface area contributed by atoms with Gasteiger partial charge in [0.2, 0.25) is 0 Å². The first kappa shape index (κ1) is 18.9. The zero-order valence-corrected chi connectivity index (χ0v) is 15.3. The van der Waals surface area contributed by atoms with Gasteiger partial charge in [-0.15, -0.1) is 0 Å². The van der Waals surface area contributed by atoms with Gasteiger partial charge in [-0.1, -0.05) is 36.4 Å². The fourth-order valence-corrected chi connectivity index (χ4v) is 2.45. The summed E-state index contributed by atoms with van der Waals surface area (Å²) in [6.07, 6.45) is 1.03. The van der Waals surface area contributed by atoms with Crippen molar-refractivity contribution in [2.75, 3.05) is 20.2 Å². The number of pyridine rings is 1. The highest BCUT2D eigenvalue weighted by molar-refractivity contribution is 5.79. The number of nitrogens with zero attached hydrogens (tertiary/aromatic N) is 2. The molecule has 0 radical (unpaired) electrons. The normalized spacial score (nSPS) is 12.7. The molecule has 1 atom stereocenters. The maximum atomic E-state index is 5.88. The van der Waals surface area contributed by atoms with E-state index in [9.17, 15) is 0 Å². The average Bonchev–Trinajstić information content (AvgIpc) is 2.64. The number of aliphatic imine (C=N–C) groups is 1. The number of ether oxygens (including phenoxy) is 1. The Morgan fingerprint density at radius 2 is 1.92 bits per heavy atom. The van der Waals surface area contributed by atoms with Crippen molar-refractivity contribution in [2.45, 2.75) is 32.9 Å². The van der Waals surface area contributed by atoms with Crippen molar-refractivity contribution in [1.82, 2.24) is 15.6 Å². The molecule has 0 aliphatic carbocycles. The van der Waals surface area contributed by atoms with Crippen molar-refractivity contribution in [3.63, 3.8) is 0 Å². The molecule has 25 heavy (non-hydrogen) atoms. The van der Waals surface area contributed by atoms with Crippen LogP contribution in [0, 0.1) is 6.92 Å². The minimum absolute atomic E-state index is 0.117. The van der Waals surface area contributed by atoms with Crippen LogP contribution < -0.4 is 10.6 Å². The lowest BCUT2D eigenvalue weighted by atomic mass is 10.1. The van der Waals surface area contributed by atoms with E-state index in [0.717, 1.165) is 30.3 Å². The van der Waals surface area contributed by atoms with Crippen molar-refractivity contribution in [2.24, 2.45) is 4.99 Å². The summed E-state index contributed by atoms with van der Waals surface area (Å²) >= 11 is 0. The minimum atomic E-state index is 0.117. The maximum Gasteiger partial charge on any atom is 0.191 e. The van der Waals surface area contributed by atoms with Crippen molar-refractivity contribution in [3.05, 3.63) is 65.5 Å². The van der Waals surface area contributed by atoms with Crippen LogP contribution in [0.4, 0.5) is 0 Å². The zero-order valence-electron chi connectivity index (χ0n) is 15.3. The summed E-state index contributed by atoms with van der Waals surface area (Å²) in [5, 5.41) is 6.57. The van der Waals surface area contributed by atoms with Gasteiger partial charge >= 0.3 is 0 Å². The van der Waals surface area contributed by atoms with Crippen LogP contribution in [0.2, 0.25) is 0 Å². The molecular formula is C20H28N4O. The number of aromatic nitrogens is 1. The molecule has 5 nitrogen and oxygen atoms in total. The first-order valence-electron chi connectivity index (χ1n) is 8.72. The summed E-state index contributed by atoms with van der Waals surface area (Å²) in [7, 11) is 1.77. The first-order chi connectivity index (χ1) is 12.2. The fourth-order valence-electron chi connectivity index (χ4n) is 2.45. The number of rotatable bonds is 8. The van der Waals surface area contributed by atoms with Crippen molar-refractivity contribution in [1.29, 1.82) is 0 Å². The largest absolute Gasteiger partial charge is 0.374 e. The van der Waals surface area contributed by atoms with Gasteiger partial charge < -0.3 is 15.4 Å². The molecule has 5 heteroatoms. The topological polar surface area (TPSA) is 58.5 Å². The third kappa shape index (κ3) is 6.93. The Labute approximate surface area is 150 Å². The lowest BCUT2D eigenvalue weighted by molar-refractivity contribution is 0.0646. The van der Waals surface area contributed by atoms with Crippen molar-refractivity contribution < 1.29 is 4.74 Å². The molecule has 1 aromatic heterocycles. The van der Waals surface area contributed by atoms with E-state index in [-0.39, 0.29) is 6.10 Å². The molecule has 0 aliphatic rings. The Morgan fingerprint density at radius 1 is 1.12 bits per heavy atom. The van der Waals surface area contributed by atoms with Gasteiger partial charge in [0.15, 0.2) is 5.96 Å². The zero-order chi connectivity index (χ0) is 17.9. The number of benzene rings is 1. The molecule has 134 valence electrons. The second kappa shape index (κ2) is 10.5. The molecule has 0 bridgehead atoms. The molecule has 0 aliphatic heterocycles. The predicted octanol–water partition coefficient (Wildman–Crippen LogP) is 3.22. The Hall–Kier alpha value is -2.40. The van der Waals surface area contributed by atoms with E-state index in [0.29, 0.717) is 13.2 Å². The lowest BCUT2D eigenvalue weighted by Crippen LogP contribution is -2.37. The molecule has 0 saturated carbocycles. The van der Waals surface area contributed by atoms with Crippen molar-refractivity contribution >= 4 is 5.96 Å². The van der Waals surface area contributed by atoms with Gasteiger partial charge in [0.05, 0.1) is 18.3 Å². The van der Waals surface area contributed by atoms with Crippen LogP contribution in [-0.4, -0.2) is 31.1 Å². The van der Waals surface area contributed by atoms with Crippen LogP contribution >= 0.6 is 0 Å². The van der Waals surface area contributed by atoms with E-state index in [2.05, 4.69) is 39.7 Å². The SMILES string of the molecule is CN=C(NCCCOC(C)c1ccccc1)NCc1cccc(C)n1. The standard InChI is InChI=1S/C20H28N4O/c1-16-9-7-12-19(24-16)15-23-20(21-3)22-13-8-14-25-17(2)18-10-5-4-6-11-18/h4-7,9-12,17H,8,13-15H2,1-3H3,(H2,21,22,23). The second-order valence-electron chi connectivity index (χ2n) is 5.90. The molecule has 0 saturated heterocycles. The number of guanidine groups is 1. The number of hydrogen-bond acceptors (Lipinski definition) is 3. The van der Waals surface area contributed by atoms with Crippen LogP contribution in [0.25, 0.3) is 0 Å². The molecule has 1 aromatic carbocycles. The quantitative estimate of drug-likeness (QED) is 0.440. The molecule has 2 aromatic rings. The number of nitrogens with one attached hydrogen (secondary N) is 2. The first-order valence-corrected chi connectivity index (χ1v) is 8.72. The van der Waals surface area contributed by atoms with Crippen LogP contribution in [0.5, 0.6) is 0 Å². The van der Waals surface area contributed by atoms with E-state index in [1.54, 1.807) is 7.05 Å². The highest BCUT2D eigenvalue weighted by atomic mass is 16.5. The third-order valence-corrected chi connectivity index (χ3v) is 3.86. The molecule has 0 fully saturated rings. The molecular weight excluding hydrogens is 312 g/mol. The van der Waals surface area contributed by atoms with Gasteiger partial charge in [-0.2, -0.15) is 0 Å². The average molecular weight is 340 g/mol. The van der Waals surface area contributed by atoms with Gasteiger partial charge in [-0.05, 0) is 38.0 Å². The summed E-state index contributed by atoms with van der Waals surface area (Å²) in [6.45, 7) is 6.25. The van der Waals surface area contributed by atoms with E-state index >= 15 is 0 Å². The summed E-state index contributed by atoms with van der Waals surface area (Å²) in [6, 6.07) is 16.3. The van der Waals surface area contributed by atoms with Gasteiger partial charge in [-0.25, -0.2) is 0 Å². The summed E-state index contributed by atoms with van der Waals surface area (Å²) in [5.41, 5.74) is 3.23. The van der Waals surface area contributed by atoms with E-state index < -0.39 is 0 Å². The second-order valence-corrected chi connectivity index (χ2v) is 5.90. The van der Waals surface area contributed by atoms with Crippen LogP contribution in [0.1, 0.15) is 36.4 Å². The van der Waals surface area contributed by atoms with Crippen LogP contribution in [-0.2, 0) is 11.3 Å². The van der Waals surface area contributed by atoms with E-state index in [1.165, 1.54) is 5.56 Å². The Kier molecular flexibility index (Phi) is 7.92. The number of hydrogen-bond donors (Lipinski definition) is 2. The summed E-state index contributed by atoms with van der Waals surface area (Å²) in [4.78, 5) is 8.70. The Morgan fingerprint density at radius 3 is 2.64 bits per heavy atom. The summed E-state index contributed by atoms with van der Waals surface area (Å²) in [5.74, 6) is 0.777. The van der Waals surface area contributed by atoms with Gasteiger partial charge in [0.1, 0.15) is 0 Å². The van der Waals surface area contributed by atoms with E-state index in [1.807, 2.05) is 43.3 Å². The Balaban J connectivity index is 1.63. The van der Waals surface area contributed by atoms with Gasteiger partial charge in [0, 0.05) is 25.9 Å². The van der Waals surface area contributed by atoms with E-state index in [4.69, 9.17) is 4.74 Å². The van der Waals surface area contributed by atoms with Crippen LogP contribution in [0.15, 0.2) is 53.5 Å². The third-order valence-electron chi connectivity index (χ3n) is 3.86. The highest BCUT2D eigenvalue weighted by Crippen LogP contribution is 2.15. The van der Waals surface area contributed by atoms with Crippen molar-refractivity contribution in [3.8, 4) is 0 Å². The lowest BCUT2D eigenvalue weighted by Gasteiger charge is -2.15. The predicted molar refractivity (Wildman–Crippen MR) is 103 cm³/mol. The molecule has 0 amide bonds. The van der Waals surface area contributed by atoms with Crippen LogP contribution in [0.3, 0.4) is 0 Å². The molecule has 1 heterocycles. The molecule has 0 spiro atoms. The maximum absolute atomic E-state index is 5.88. The fraction of sp³-hybridized carbons (Fsp3) is 0.400. The molecule has 2 rings (SSSR count). The van der Waals surface area contributed by atoms with Gasteiger partial charge in [-0.3, -0.25) is 9.98 Å². The minimum Gasteiger partial charge on any atom is -0.374 e. The number of aryl methyl sites for hydroxylation is 1.